The molecule has 1 fully saturated rings. The van der Waals surface area contributed by atoms with Crippen LogP contribution in [-0.4, -0.2) is 72.0 Å². The summed E-state index contributed by atoms with van der Waals surface area (Å²) in [6.45, 7) is 6.91. The minimum Gasteiger partial charge on any atom is -0.473 e. The maximum Gasteiger partial charge on any atom is 0.414 e. The van der Waals surface area contributed by atoms with Crippen LogP contribution in [0.4, 0.5) is 0 Å². The molecule has 0 unspecified atom stereocenters. The molecule has 0 aromatic heterocycles. The summed E-state index contributed by atoms with van der Waals surface area (Å²) in [5.41, 5.74) is 0. The van der Waals surface area contributed by atoms with Gasteiger partial charge in [-0.25, -0.2) is 18.0 Å². The Labute approximate surface area is 151 Å². The second-order valence-corrected chi connectivity index (χ2v) is 7.97. The van der Waals surface area contributed by atoms with Crippen molar-refractivity contribution in [1.29, 1.82) is 0 Å². The first-order valence-electron chi connectivity index (χ1n) is 7.51. The number of carboxylic acid groups (broad SMARTS) is 2. The molecule has 0 radical (unpaired) electrons. The summed E-state index contributed by atoms with van der Waals surface area (Å²) >= 11 is 5.79. The van der Waals surface area contributed by atoms with E-state index in [1.807, 2.05) is 0 Å². The molecule has 1 aromatic rings. The van der Waals surface area contributed by atoms with Crippen LogP contribution in [0.5, 0.6) is 0 Å². The fourth-order valence-electron chi connectivity index (χ4n) is 2.22. The number of sulfonamides is 1. The number of hydrogen-bond acceptors (Lipinski definition) is 5. The Morgan fingerprint density at radius 2 is 1.44 bits per heavy atom. The number of benzene rings is 1. The maximum absolute atomic E-state index is 12.4. The van der Waals surface area contributed by atoms with Crippen LogP contribution in [0.15, 0.2) is 29.2 Å². The molecule has 1 aromatic carbocycles. The zero-order valence-corrected chi connectivity index (χ0v) is 15.5. The highest BCUT2D eigenvalue weighted by Crippen LogP contribution is 2.20. The predicted octanol–water partition coefficient (Wildman–Crippen LogP) is 1.21. The van der Waals surface area contributed by atoms with E-state index >= 15 is 0 Å². The van der Waals surface area contributed by atoms with Gasteiger partial charge >= 0.3 is 11.9 Å². The topological polar surface area (TPSA) is 115 Å². The molecule has 8 nitrogen and oxygen atoms in total. The number of aliphatic carboxylic acids is 2. The lowest BCUT2D eigenvalue weighted by atomic mass is 10.3. The first-order valence-corrected chi connectivity index (χ1v) is 9.33. The molecule has 1 aliphatic heterocycles. The van der Waals surface area contributed by atoms with Crippen LogP contribution < -0.4 is 0 Å². The molecular formula is C15H21ClN2O6S. The Morgan fingerprint density at radius 1 is 1.00 bits per heavy atom. The van der Waals surface area contributed by atoms with Crippen molar-refractivity contribution in [3.8, 4) is 0 Å². The van der Waals surface area contributed by atoms with E-state index in [0.717, 1.165) is 13.1 Å². The van der Waals surface area contributed by atoms with E-state index in [1.165, 1.54) is 0 Å². The summed E-state index contributed by atoms with van der Waals surface area (Å²) in [4.78, 5) is 20.8. The lowest BCUT2D eigenvalue weighted by Crippen LogP contribution is -2.50. The zero-order valence-electron chi connectivity index (χ0n) is 13.9. The van der Waals surface area contributed by atoms with E-state index in [4.69, 9.17) is 31.4 Å². The number of carbonyl (C=O) groups is 2. The number of nitrogens with zero attached hydrogens (tertiary/aromatic N) is 2. The normalized spacial score (nSPS) is 16.2. The van der Waals surface area contributed by atoms with Crippen molar-refractivity contribution < 1.29 is 28.2 Å². The van der Waals surface area contributed by atoms with E-state index in [2.05, 4.69) is 18.7 Å². The highest BCUT2D eigenvalue weighted by atomic mass is 35.5. The van der Waals surface area contributed by atoms with Crippen molar-refractivity contribution in [3.05, 3.63) is 29.3 Å². The highest BCUT2D eigenvalue weighted by Gasteiger charge is 2.28. The number of piperazine rings is 1. The van der Waals surface area contributed by atoms with Crippen LogP contribution in [0.2, 0.25) is 5.02 Å². The Balaban J connectivity index is 0.000000450. The molecule has 0 spiro atoms. The molecule has 0 atom stereocenters. The molecule has 2 N–H and O–H groups in total. The monoisotopic (exact) mass is 392 g/mol. The van der Waals surface area contributed by atoms with Crippen LogP contribution in [0, 0.1) is 0 Å². The fourth-order valence-corrected chi connectivity index (χ4v) is 3.76. The summed E-state index contributed by atoms with van der Waals surface area (Å²) in [5, 5.41) is 15.3. The summed E-state index contributed by atoms with van der Waals surface area (Å²) in [5.74, 6) is -3.65. The van der Waals surface area contributed by atoms with Crippen molar-refractivity contribution in [3.63, 3.8) is 0 Å². The van der Waals surface area contributed by atoms with Crippen LogP contribution in [0.3, 0.4) is 0 Å². The van der Waals surface area contributed by atoms with Gasteiger partial charge in [-0.2, -0.15) is 4.31 Å². The van der Waals surface area contributed by atoms with Gasteiger partial charge in [-0.3, -0.25) is 4.90 Å². The second-order valence-electron chi connectivity index (χ2n) is 5.60. The maximum atomic E-state index is 12.4. The molecule has 25 heavy (non-hydrogen) atoms. The van der Waals surface area contributed by atoms with Crippen molar-refractivity contribution in [1.82, 2.24) is 9.21 Å². The van der Waals surface area contributed by atoms with Crippen LogP contribution in [0.1, 0.15) is 13.8 Å². The Kier molecular flexibility index (Phi) is 7.81. The number of rotatable bonds is 3. The third-order valence-corrected chi connectivity index (χ3v) is 5.80. The number of carboxylic acids is 2. The first kappa shape index (κ1) is 21.4. The van der Waals surface area contributed by atoms with Crippen molar-refractivity contribution >= 4 is 33.6 Å². The standard InChI is InChI=1S/C13H19ClN2O2S.C2H2O4/c1-11(2)15-7-9-16(10-8-15)19(17,18)13-5-3-12(14)4-6-13;3-1(4)2(5)6/h3-6,11H,7-10H2,1-2H3;(H,3,4)(H,5,6). The van der Waals surface area contributed by atoms with E-state index in [9.17, 15) is 8.42 Å². The molecule has 1 aliphatic rings. The predicted molar refractivity (Wildman–Crippen MR) is 92.2 cm³/mol. The van der Waals surface area contributed by atoms with Gasteiger partial charge in [-0.15, -0.1) is 0 Å². The van der Waals surface area contributed by atoms with Crippen LogP contribution in [0.25, 0.3) is 0 Å². The third-order valence-electron chi connectivity index (χ3n) is 3.64. The lowest BCUT2D eigenvalue weighted by Gasteiger charge is -2.36. The molecule has 0 saturated carbocycles. The van der Waals surface area contributed by atoms with Gasteiger partial charge in [0, 0.05) is 37.2 Å². The Hall–Kier alpha value is -1.68. The van der Waals surface area contributed by atoms with E-state index in [0.29, 0.717) is 29.0 Å². The van der Waals surface area contributed by atoms with Crippen molar-refractivity contribution in [2.45, 2.75) is 24.8 Å². The van der Waals surface area contributed by atoms with Gasteiger partial charge < -0.3 is 10.2 Å². The van der Waals surface area contributed by atoms with Gasteiger partial charge in [-0.05, 0) is 38.1 Å². The van der Waals surface area contributed by atoms with Crippen LogP contribution >= 0.6 is 11.6 Å². The lowest BCUT2D eigenvalue weighted by molar-refractivity contribution is -0.159. The summed E-state index contributed by atoms with van der Waals surface area (Å²) in [6.07, 6.45) is 0. The van der Waals surface area contributed by atoms with Gasteiger partial charge in [0.25, 0.3) is 0 Å². The SMILES string of the molecule is CC(C)N1CCN(S(=O)(=O)c2ccc(Cl)cc2)CC1.O=C(O)C(=O)O. The fraction of sp³-hybridized carbons (Fsp3) is 0.467. The summed E-state index contributed by atoms with van der Waals surface area (Å²) in [6, 6.07) is 6.80. The van der Waals surface area contributed by atoms with E-state index in [-0.39, 0.29) is 0 Å². The van der Waals surface area contributed by atoms with Gasteiger partial charge in [0.05, 0.1) is 4.90 Å². The van der Waals surface area contributed by atoms with E-state index in [1.54, 1.807) is 28.6 Å². The molecule has 0 aliphatic carbocycles. The molecule has 2 rings (SSSR count). The van der Waals surface area contributed by atoms with Gasteiger partial charge in [0.1, 0.15) is 0 Å². The molecule has 0 amide bonds. The second kappa shape index (κ2) is 9.14. The average Bonchev–Trinajstić information content (AvgIpc) is 2.55. The zero-order chi connectivity index (χ0) is 19.2. The Morgan fingerprint density at radius 3 is 1.80 bits per heavy atom. The molecular weight excluding hydrogens is 372 g/mol. The smallest absolute Gasteiger partial charge is 0.414 e. The molecule has 1 saturated heterocycles. The van der Waals surface area contributed by atoms with Gasteiger partial charge in [0.15, 0.2) is 0 Å². The summed E-state index contributed by atoms with van der Waals surface area (Å²) in [7, 11) is -3.38. The number of hydrogen-bond donors (Lipinski definition) is 2. The Bertz CT molecular complexity index is 685. The van der Waals surface area contributed by atoms with E-state index < -0.39 is 22.0 Å². The third kappa shape index (κ3) is 6.28. The average molecular weight is 393 g/mol. The van der Waals surface area contributed by atoms with Crippen LogP contribution in [-0.2, 0) is 19.6 Å². The highest BCUT2D eigenvalue weighted by molar-refractivity contribution is 7.89. The number of halogens is 1. The van der Waals surface area contributed by atoms with Gasteiger partial charge in [-0.1, -0.05) is 11.6 Å². The van der Waals surface area contributed by atoms with Crippen molar-refractivity contribution in [2.24, 2.45) is 0 Å². The largest absolute Gasteiger partial charge is 0.473 e. The molecule has 1 heterocycles. The van der Waals surface area contributed by atoms with Crippen molar-refractivity contribution in [2.75, 3.05) is 26.2 Å². The minimum absolute atomic E-state index is 0.315. The molecule has 140 valence electrons. The first-order chi connectivity index (χ1) is 11.6. The molecule has 10 heteroatoms. The minimum atomic E-state index is -3.38. The quantitative estimate of drug-likeness (QED) is 0.743. The van der Waals surface area contributed by atoms with Gasteiger partial charge in [0.2, 0.25) is 10.0 Å². The summed E-state index contributed by atoms with van der Waals surface area (Å²) < 4.78 is 26.4. The molecule has 0 bridgehead atoms.